The second-order valence-corrected chi connectivity index (χ2v) is 5.27. The second kappa shape index (κ2) is 4.66. The zero-order valence-electron chi connectivity index (χ0n) is 9.36. The molecule has 1 aliphatic heterocycles. The summed E-state index contributed by atoms with van der Waals surface area (Å²) in [5, 5.41) is 4.36. The number of likely N-dealkylation sites (tertiary alicyclic amines) is 1. The summed E-state index contributed by atoms with van der Waals surface area (Å²) < 4.78 is 3.21. The zero-order chi connectivity index (χ0) is 10.8. The van der Waals surface area contributed by atoms with E-state index in [4.69, 9.17) is 0 Å². The molecule has 3 nitrogen and oxygen atoms in total. The minimum Gasteiger partial charge on any atom is -0.301 e. The van der Waals surface area contributed by atoms with Gasteiger partial charge in [0.2, 0.25) is 0 Å². The van der Waals surface area contributed by atoms with Gasteiger partial charge in [0.25, 0.3) is 0 Å². The Hall–Kier alpha value is -0.350. The van der Waals surface area contributed by atoms with E-state index in [1.54, 1.807) is 0 Å². The summed E-state index contributed by atoms with van der Waals surface area (Å²) in [5.41, 5.74) is 0. The molecule has 1 saturated heterocycles. The molecule has 0 bridgehead atoms. The van der Waals surface area contributed by atoms with Crippen LogP contribution in [0.2, 0.25) is 0 Å². The lowest BCUT2D eigenvalue weighted by molar-refractivity contribution is 0.146. The molecule has 15 heavy (non-hydrogen) atoms. The van der Waals surface area contributed by atoms with E-state index in [0.717, 1.165) is 4.60 Å². The Morgan fingerprint density at radius 2 is 2.07 bits per heavy atom. The maximum absolute atomic E-state index is 4.36. The monoisotopic (exact) mass is 271 g/mol. The average Bonchev–Trinajstić information content (AvgIpc) is 2.65. The van der Waals surface area contributed by atoms with E-state index in [9.17, 15) is 0 Å². The van der Waals surface area contributed by atoms with E-state index in [-0.39, 0.29) is 0 Å². The normalized spacial score (nSPS) is 20.0. The van der Waals surface area contributed by atoms with Crippen LogP contribution >= 0.6 is 15.9 Å². The molecule has 0 atom stereocenters. The largest absolute Gasteiger partial charge is 0.301 e. The highest BCUT2D eigenvalue weighted by atomic mass is 79.9. The minimum absolute atomic E-state index is 0.573. The first-order valence-electron chi connectivity index (χ1n) is 5.61. The molecule has 2 heterocycles. The topological polar surface area (TPSA) is 21.1 Å². The van der Waals surface area contributed by atoms with Crippen molar-refractivity contribution in [2.24, 2.45) is 0 Å². The third-order valence-electron chi connectivity index (χ3n) is 3.20. The molecule has 4 heteroatoms. The van der Waals surface area contributed by atoms with Gasteiger partial charge in [-0.15, -0.1) is 0 Å². The van der Waals surface area contributed by atoms with Crippen molar-refractivity contribution in [1.29, 1.82) is 0 Å². The quantitative estimate of drug-likeness (QED) is 0.825. The van der Waals surface area contributed by atoms with E-state index in [1.807, 2.05) is 12.3 Å². The van der Waals surface area contributed by atoms with Gasteiger partial charge in [-0.25, -0.2) is 0 Å². The second-order valence-electron chi connectivity index (χ2n) is 4.46. The molecule has 1 aromatic rings. The molecule has 84 valence electrons. The van der Waals surface area contributed by atoms with Crippen LogP contribution in [0.15, 0.2) is 16.9 Å². The fraction of sp³-hybridized carbons (Fsp3) is 0.727. The van der Waals surface area contributed by atoms with E-state index in [1.165, 1.54) is 25.9 Å². The number of piperidine rings is 1. The van der Waals surface area contributed by atoms with Gasteiger partial charge in [-0.1, -0.05) is 0 Å². The Labute approximate surface area is 99.6 Å². The number of aromatic nitrogens is 2. The maximum Gasteiger partial charge on any atom is 0.104 e. The van der Waals surface area contributed by atoms with E-state index < -0.39 is 0 Å². The third-order valence-corrected chi connectivity index (χ3v) is 3.82. The Balaban J connectivity index is 1.97. The maximum atomic E-state index is 4.36. The van der Waals surface area contributed by atoms with Gasteiger partial charge in [0.15, 0.2) is 0 Å². The molecule has 0 aliphatic carbocycles. The zero-order valence-corrected chi connectivity index (χ0v) is 10.9. The standard InChI is InChI=1S/C11H18BrN3/c1-9(2)14-7-4-10(5-8-14)15-11(12)3-6-13-15/h3,6,9-10H,4-5,7-8H2,1-2H3. The molecule has 0 spiro atoms. The van der Waals surface area contributed by atoms with Crippen molar-refractivity contribution in [3.05, 3.63) is 16.9 Å². The molecule has 0 saturated carbocycles. The fourth-order valence-corrected chi connectivity index (χ4v) is 2.71. The van der Waals surface area contributed by atoms with Gasteiger partial charge < -0.3 is 4.90 Å². The van der Waals surface area contributed by atoms with Crippen molar-refractivity contribution < 1.29 is 0 Å². The Kier molecular flexibility index (Phi) is 3.46. The first-order chi connectivity index (χ1) is 7.18. The number of hydrogen-bond acceptors (Lipinski definition) is 2. The van der Waals surface area contributed by atoms with Gasteiger partial charge in [0.05, 0.1) is 12.2 Å². The molecule has 0 amide bonds. The third kappa shape index (κ3) is 2.42. The van der Waals surface area contributed by atoms with Gasteiger partial charge in [0, 0.05) is 19.1 Å². The van der Waals surface area contributed by atoms with Gasteiger partial charge in [-0.05, 0) is 48.7 Å². The summed E-state index contributed by atoms with van der Waals surface area (Å²) in [4.78, 5) is 2.54. The summed E-state index contributed by atoms with van der Waals surface area (Å²) in [6.07, 6.45) is 4.27. The van der Waals surface area contributed by atoms with Crippen molar-refractivity contribution in [3.8, 4) is 0 Å². The van der Waals surface area contributed by atoms with Crippen molar-refractivity contribution in [3.63, 3.8) is 0 Å². The smallest absolute Gasteiger partial charge is 0.104 e. The number of rotatable bonds is 2. The SMILES string of the molecule is CC(C)N1CCC(n2nccc2Br)CC1. The van der Waals surface area contributed by atoms with Crippen LogP contribution in [-0.4, -0.2) is 33.8 Å². The molecule has 2 rings (SSSR count). The number of hydrogen-bond donors (Lipinski definition) is 0. The minimum atomic E-state index is 0.573. The van der Waals surface area contributed by atoms with E-state index in [0.29, 0.717) is 12.1 Å². The summed E-state index contributed by atoms with van der Waals surface area (Å²) in [6.45, 7) is 6.91. The van der Waals surface area contributed by atoms with Crippen LogP contribution in [0, 0.1) is 0 Å². The molecular formula is C11H18BrN3. The molecular weight excluding hydrogens is 254 g/mol. The average molecular weight is 272 g/mol. The van der Waals surface area contributed by atoms with E-state index >= 15 is 0 Å². The van der Waals surface area contributed by atoms with Crippen molar-refractivity contribution in [2.75, 3.05) is 13.1 Å². The predicted molar refractivity (Wildman–Crippen MR) is 64.9 cm³/mol. The highest BCUT2D eigenvalue weighted by Crippen LogP contribution is 2.26. The van der Waals surface area contributed by atoms with Gasteiger partial charge in [0.1, 0.15) is 4.60 Å². The van der Waals surface area contributed by atoms with Crippen molar-refractivity contribution in [2.45, 2.75) is 38.8 Å². The molecule has 0 unspecified atom stereocenters. The highest BCUT2D eigenvalue weighted by Gasteiger charge is 2.23. The van der Waals surface area contributed by atoms with Crippen molar-refractivity contribution >= 4 is 15.9 Å². The first-order valence-corrected chi connectivity index (χ1v) is 6.41. The lowest BCUT2D eigenvalue weighted by Gasteiger charge is -2.34. The predicted octanol–water partition coefficient (Wildman–Crippen LogP) is 2.69. The van der Waals surface area contributed by atoms with Crippen LogP contribution < -0.4 is 0 Å². The van der Waals surface area contributed by atoms with Crippen molar-refractivity contribution in [1.82, 2.24) is 14.7 Å². The van der Waals surface area contributed by atoms with Gasteiger partial charge in [-0.2, -0.15) is 5.10 Å². The molecule has 0 N–H and O–H groups in total. The Bertz CT molecular complexity index is 313. The van der Waals surface area contributed by atoms with Gasteiger partial charge in [-0.3, -0.25) is 4.68 Å². The molecule has 1 fully saturated rings. The highest BCUT2D eigenvalue weighted by molar-refractivity contribution is 9.10. The number of halogens is 1. The van der Waals surface area contributed by atoms with Crippen LogP contribution in [0.3, 0.4) is 0 Å². The molecule has 1 aliphatic rings. The number of nitrogens with zero attached hydrogens (tertiary/aromatic N) is 3. The summed E-state index contributed by atoms with van der Waals surface area (Å²) >= 11 is 3.53. The van der Waals surface area contributed by atoms with Crippen LogP contribution in [0.1, 0.15) is 32.7 Å². The fourth-order valence-electron chi connectivity index (χ4n) is 2.21. The van der Waals surface area contributed by atoms with Crippen LogP contribution in [0.5, 0.6) is 0 Å². The van der Waals surface area contributed by atoms with Gasteiger partial charge >= 0.3 is 0 Å². The summed E-state index contributed by atoms with van der Waals surface area (Å²) in [6, 6.07) is 3.26. The Morgan fingerprint density at radius 1 is 1.40 bits per heavy atom. The summed E-state index contributed by atoms with van der Waals surface area (Å²) in [5.74, 6) is 0. The lowest BCUT2D eigenvalue weighted by atomic mass is 10.0. The molecule has 0 aromatic carbocycles. The lowest BCUT2D eigenvalue weighted by Crippen LogP contribution is -2.39. The van der Waals surface area contributed by atoms with Crippen LogP contribution in [-0.2, 0) is 0 Å². The summed E-state index contributed by atoms with van der Waals surface area (Å²) in [7, 11) is 0. The first kappa shape index (κ1) is 11.1. The molecule has 0 radical (unpaired) electrons. The Morgan fingerprint density at radius 3 is 2.53 bits per heavy atom. The van der Waals surface area contributed by atoms with E-state index in [2.05, 4.69) is 44.5 Å². The van der Waals surface area contributed by atoms with Crippen LogP contribution in [0.25, 0.3) is 0 Å². The van der Waals surface area contributed by atoms with Crippen LogP contribution in [0.4, 0.5) is 0 Å². The molecule has 1 aromatic heterocycles.